The van der Waals surface area contributed by atoms with Crippen LogP contribution >= 0.6 is 0 Å². The third-order valence-corrected chi connectivity index (χ3v) is 5.13. The third-order valence-electron chi connectivity index (χ3n) is 5.13. The minimum absolute atomic E-state index is 0.0352. The number of carbonyl (C=O) groups is 1. The second kappa shape index (κ2) is 7.40. The fourth-order valence-corrected chi connectivity index (χ4v) is 3.80. The lowest BCUT2D eigenvalue weighted by molar-refractivity contribution is 0.0720. The van der Waals surface area contributed by atoms with Crippen LogP contribution in [0.5, 0.6) is 0 Å². The van der Waals surface area contributed by atoms with E-state index in [-0.39, 0.29) is 27.9 Å². The first-order valence-electron chi connectivity index (χ1n) is 9.35. The summed E-state index contributed by atoms with van der Waals surface area (Å²) >= 11 is 0. The van der Waals surface area contributed by atoms with Crippen molar-refractivity contribution in [2.75, 3.05) is 27.2 Å². The van der Waals surface area contributed by atoms with Gasteiger partial charge in [0.1, 0.15) is 17.2 Å². The molecule has 0 saturated carbocycles. The average Bonchev–Trinajstić information content (AvgIpc) is 2.95. The van der Waals surface area contributed by atoms with E-state index in [0.717, 1.165) is 12.6 Å². The van der Waals surface area contributed by atoms with Gasteiger partial charge in [-0.3, -0.25) is 9.59 Å². The van der Waals surface area contributed by atoms with Crippen LogP contribution in [0.3, 0.4) is 0 Å². The van der Waals surface area contributed by atoms with Gasteiger partial charge >= 0.3 is 0 Å². The molecule has 1 aliphatic rings. The standard InChI is InChI=1S/C22H20F2N2O3/c1-25(2)10-5-11-26-19(14-6-3-4-7-16(14)24)18-20(27)15-12-13(23)8-9-17(15)29-21(18)22(26)28/h3-4,6-9,12,19H,5,10-11H2,1-2H3/t19-/m0/s1. The first-order chi connectivity index (χ1) is 13.9. The van der Waals surface area contributed by atoms with Crippen LogP contribution in [0.15, 0.2) is 51.7 Å². The molecule has 1 atom stereocenters. The predicted molar refractivity (Wildman–Crippen MR) is 105 cm³/mol. The molecule has 0 spiro atoms. The molecule has 1 aromatic heterocycles. The molecule has 0 aliphatic carbocycles. The summed E-state index contributed by atoms with van der Waals surface area (Å²) in [6.45, 7) is 1.04. The summed E-state index contributed by atoms with van der Waals surface area (Å²) in [6, 6.07) is 8.71. The molecule has 0 fully saturated rings. The molecule has 0 unspecified atom stereocenters. The van der Waals surface area contributed by atoms with Crippen LogP contribution in [0.2, 0.25) is 0 Å². The lowest BCUT2D eigenvalue weighted by Gasteiger charge is -2.26. The highest BCUT2D eigenvalue weighted by Crippen LogP contribution is 2.39. The van der Waals surface area contributed by atoms with Crippen LogP contribution in [0, 0.1) is 11.6 Å². The van der Waals surface area contributed by atoms with Gasteiger partial charge in [-0.15, -0.1) is 0 Å². The molecule has 0 bridgehead atoms. The summed E-state index contributed by atoms with van der Waals surface area (Å²) in [5.41, 5.74) is -0.112. The number of halogens is 2. The maximum absolute atomic E-state index is 14.7. The Kier molecular flexibility index (Phi) is 4.92. The summed E-state index contributed by atoms with van der Waals surface area (Å²) in [4.78, 5) is 29.8. The van der Waals surface area contributed by atoms with Crippen molar-refractivity contribution < 1.29 is 18.0 Å². The van der Waals surface area contributed by atoms with Crippen molar-refractivity contribution in [1.82, 2.24) is 9.80 Å². The van der Waals surface area contributed by atoms with Crippen molar-refractivity contribution in [3.05, 3.63) is 81.2 Å². The van der Waals surface area contributed by atoms with Gasteiger partial charge in [0.2, 0.25) is 5.76 Å². The number of nitrogens with zero attached hydrogens (tertiary/aromatic N) is 2. The second-order valence-electron chi connectivity index (χ2n) is 7.39. The van der Waals surface area contributed by atoms with Crippen LogP contribution < -0.4 is 5.43 Å². The number of fused-ring (bicyclic) bond motifs is 2. The van der Waals surface area contributed by atoms with Gasteiger partial charge in [-0.1, -0.05) is 18.2 Å². The van der Waals surface area contributed by atoms with Gasteiger partial charge in [0.05, 0.1) is 17.0 Å². The maximum atomic E-state index is 14.7. The maximum Gasteiger partial charge on any atom is 0.290 e. The predicted octanol–water partition coefficient (Wildman–Crippen LogP) is 3.57. The first kappa shape index (κ1) is 19.3. The molecule has 150 valence electrons. The topological polar surface area (TPSA) is 53.8 Å². The number of rotatable bonds is 5. The number of hydrogen-bond acceptors (Lipinski definition) is 4. The number of carbonyl (C=O) groups excluding carboxylic acids is 1. The molecule has 4 rings (SSSR count). The van der Waals surface area contributed by atoms with E-state index < -0.39 is 29.0 Å². The van der Waals surface area contributed by atoms with E-state index >= 15 is 0 Å². The molecule has 1 aliphatic heterocycles. The van der Waals surface area contributed by atoms with E-state index in [2.05, 4.69) is 0 Å². The minimum Gasteiger partial charge on any atom is -0.450 e. The summed E-state index contributed by atoms with van der Waals surface area (Å²) in [7, 11) is 3.84. The highest BCUT2D eigenvalue weighted by atomic mass is 19.1. The van der Waals surface area contributed by atoms with Crippen molar-refractivity contribution in [1.29, 1.82) is 0 Å². The smallest absolute Gasteiger partial charge is 0.290 e. The molecule has 5 nitrogen and oxygen atoms in total. The molecule has 2 heterocycles. The van der Waals surface area contributed by atoms with Crippen LogP contribution in [-0.4, -0.2) is 42.9 Å². The quantitative estimate of drug-likeness (QED) is 0.659. The Morgan fingerprint density at radius 3 is 2.59 bits per heavy atom. The van der Waals surface area contributed by atoms with E-state index in [4.69, 9.17) is 4.42 Å². The zero-order chi connectivity index (χ0) is 20.7. The number of benzene rings is 2. The van der Waals surface area contributed by atoms with Crippen molar-refractivity contribution in [3.63, 3.8) is 0 Å². The van der Waals surface area contributed by atoms with E-state index in [1.54, 1.807) is 18.2 Å². The molecule has 2 aromatic carbocycles. The van der Waals surface area contributed by atoms with Gasteiger partial charge in [0.25, 0.3) is 5.91 Å². The average molecular weight is 398 g/mol. The number of amides is 1. The normalized spacial score (nSPS) is 16.1. The lowest BCUT2D eigenvalue weighted by atomic mass is 9.98. The molecule has 3 aromatic rings. The van der Waals surface area contributed by atoms with E-state index in [1.807, 2.05) is 19.0 Å². The van der Waals surface area contributed by atoms with Gasteiger partial charge < -0.3 is 14.2 Å². The Morgan fingerprint density at radius 2 is 1.86 bits per heavy atom. The molecule has 0 saturated heterocycles. The van der Waals surface area contributed by atoms with E-state index in [0.29, 0.717) is 13.0 Å². The van der Waals surface area contributed by atoms with Gasteiger partial charge in [-0.25, -0.2) is 8.78 Å². The Morgan fingerprint density at radius 1 is 1.10 bits per heavy atom. The lowest BCUT2D eigenvalue weighted by Crippen LogP contribution is -2.32. The molecule has 29 heavy (non-hydrogen) atoms. The van der Waals surface area contributed by atoms with Crippen LogP contribution in [-0.2, 0) is 0 Å². The third kappa shape index (κ3) is 3.31. The SMILES string of the molecule is CN(C)CCCN1C(=O)c2oc3ccc(F)cc3c(=O)c2[C@@H]1c1ccccc1F. The van der Waals surface area contributed by atoms with Crippen LogP contribution in [0.25, 0.3) is 11.0 Å². The molecule has 7 heteroatoms. The molecular weight excluding hydrogens is 378 g/mol. The Bertz CT molecular complexity index is 1160. The van der Waals surface area contributed by atoms with Gasteiger partial charge in [-0.2, -0.15) is 0 Å². The van der Waals surface area contributed by atoms with Crippen LogP contribution in [0.1, 0.15) is 34.1 Å². The Hall–Kier alpha value is -3.06. The minimum atomic E-state index is -0.912. The van der Waals surface area contributed by atoms with E-state index in [1.165, 1.54) is 23.1 Å². The van der Waals surface area contributed by atoms with Crippen molar-refractivity contribution in [2.45, 2.75) is 12.5 Å². The van der Waals surface area contributed by atoms with Gasteiger partial charge in [0.15, 0.2) is 5.43 Å². The first-order valence-corrected chi connectivity index (χ1v) is 9.35. The van der Waals surface area contributed by atoms with Gasteiger partial charge in [0, 0.05) is 12.1 Å². The molecule has 0 radical (unpaired) electrons. The second-order valence-corrected chi connectivity index (χ2v) is 7.39. The van der Waals surface area contributed by atoms with E-state index in [9.17, 15) is 18.4 Å². The zero-order valence-corrected chi connectivity index (χ0v) is 16.1. The molecule has 0 N–H and O–H groups in total. The number of hydrogen-bond donors (Lipinski definition) is 0. The summed E-state index contributed by atoms with van der Waals surface area (Å²) in [5, 5.41) is 0.0352. The zero-order valence-electron chi connectivity index (χ0n) is 16.1. The van der Waals surface area contributed by atoms with Crippen molar-refractivity contribution in [2.24, 2.45) is 0 Å². The Balaban J connectivity index is 1.91. The molecular formula is C22H20F2N2O3. The highest BCUT2D eigenvalue weighted by Gasteiger charge is 2.43. The van der Waals surface area contributed by atoms with Crippen molar-refractivity contribution in [3.8, 4) is 0 Å². The summed E-state index contributed by atoms with van der Waals surface area (Å²) in [5.74, 6) is -1.67. The van der Waals surface area contributed by atoms with Gasteiger partial charge in [-0.05, 0) is 51.3 Å². The fraction of sp³-hybridized carbons (Fsp3) is 0.273. The van der Waals surface area contributed by atoms with Crippen LogP contribution in [0.4, 0.5) is 8.78 Å². The summed E-state index contributed by atoms with van der Waals surface area (Å²) in [6.07, 6.45) is 0.639. The Labute approximate surface area is 166 Å². The van der Waals surface area contributed by atoms with Crippen molar-refractivity contribution >= 4 is 16.9 Å². The fourth-order valence-electron chi connectivity index (χ4n) is 3.80. The monoisotopic (exact) mass is 398 g/mol. The molecule has 1 amide bonds. The summed E-state index contributed by atoms with van der Waals surface area (Å²) < 4.78 is 34.1. The largest absolute Gasteiger partial charge is 0.450 e. The highest BCUT2D eigenvalue weighted by molar-refractivity contribution is 5.99.